The van der Waals surface area contributed by atoms with Crippen molar-refractivity contribution in [3.05, 3.63) is 23.5 Å². The Kier molecular flexibility index (Phi) is 2.16. The molecule has 0 amide bonds. The zero-order chi connectivity index (χ0) is 9.30. The maximum atomic E-state index is 12.5. The summed E-state index contributed by atoms with van der Waals surface area (Å²) in [5.41, 5.74) is 3.06. The molecule has 0 saturated heterocycles. The van der Waals surface area contributed by atoms with Gasteiger partial charge in [-0.2, -0.15) is 0 Å². The SMILES string of the molecule is Nc1cnc(C(F)F)c(F)c1F. The molecule has 2 N–H and O–H groups in total. The number of hydrogen-bond acceptors (Lipinski definition) is 2. The minimum atomic E-state index is -3.14. The fourth-order valence-corrected chi connectivity index (χ4v) is 0.644. The van der Waals surface area contributed by atoms with Crippen LogP contribution in [-0.2, 0) is 0 Å². The Morgan fingerprint density at radius 1 is 1.25 bits per heavy atom. The van der Waals surface area contributed by atoms with Crippen molar-refractivity contribution < 1.29 is 17.6 Å². The first-order chi connectivity index (χ1) is 5.54. The van der Waals surface area contributed by atoms with Crippen LogP contribution in [0, 0.1) is 11.6 Å². The maximum absolute atomic E-state index is 12.5. The molecular weight excluding hydrogens is 176 g/mol. The minimum absolute atomic E-state index is 0.586. The summed E-state index contributed by atoms with van der Waals surface area (Å²) >= 11 is 0. The molecule has 1 rings (SSSR count). The van der Waals surface area contributed by atoms with E-state index in [0.717, 1.165) is 0 Å². The number of anilines is 1. The van der Waals surface area contributed by atoms with E-state index >= 15 is 0 Å². The van der Waals surface area contributed by atoms with Gasteiger partial charge in [0.25, 0.3) is 6.43 Å². The van der Waals surface area contributed by atoms with E-state index in [2.05, 4.69) is 4.98 Å². The van der Waals surface area contributed by atoms with Crippen LogP contribution < -0.4 is 5.73 Å². The molecule has 0 aliphatic rings. The molecule has 0 bridgehead atoms. The van der Waals surface area contributed by atoms with Gasteiger partial charge in [-0.15, -0.1) is 0 Å². The predicted octanol–water partition coefficient (Wildman–Crippen LogP) is 1.88. The second kappa shape index (κ2) is 2.96. The van der Waals surface area contributed by atoms with Crippen molar-refractivity contribution in [1.29, 1.82) is 0 Å². The molecular formula is C6H4F4N2. The van der Waals surface area contributed by atoms with Gasteiger partial charge in [-0.1, -0.05) is 0 Å². The van der Waals surface area contributed by atoms with Gasteiger partial charge in [-0.3, -0.25) is 0 Å². The molecule has 2 nitrogen and oxygen atoms in total. The molecule has 1 aromatic heterocycles. The summed E-state index contributed by atoms with van der Waals surface area (Å²) in [4.78, 5) is 2.95. The van der Waals surface area contributed by atoms with Gasteiger partial charge < -0.3 is 5.73 Å². The topological polar surface area (TPSA) is 38.9 Å². The molecule has 66 valence electrons. The number of nitrogen functional groups attached to an aromatic ring is 1. The Morgan fingerprint density at radius 2 is 1.83 bits per heavy atom. The summed E-state index contributed by atoms with van der Waals surface area (Å²) in [5, 5.41) is 0. The molecule has 0 aliphatic carbocycles. The molecule has 1 aromatic rings. The Morgan fingerprint density at radius 3 is 2.33 bits per heavy atom. The average molecular weight is 180 g/mol. The summed E-state index contributed by atoms with van der Waals surface area (Å²) in [5.74, 6) is -3.18. The third-order valence-corrected chi connectivity index (χ3v) is 1.22. The monoisotopic (exact) mass is 180 g/mol. The van der Waals surface area contributed by atoms with Crippen LogP contribution >= 0.6 is 0 Å². The van der Waals surface area contributed by atoms with Crippen LogP contribution in [-0.4, -0.2) is 4.98 Å². The van der Waals surface area contributed by atoms with Gasteiger partial charge in [0.1, 0.15) is 5.69 Å². The lowest BCUT2D eigenvalue weighted by molar-refractivity contribution is 0.139. The fraction of sp³-hybridized carbons (Fsp3) is 0.167. The Hall–Kier alpha value is -1.33. The van der Waals surface area contributed by atoms with E-state index in [4.69, 9.17) is 5.73 Å². The molecule has 6 heteroatoms. The highest BCUT2D eigenvalue weighted by Crippen LogP contribution is 2.23. The molecule has 0 spiro atoms. The standard InChI is InChI=1S/C6H4F4N2/c7-3-2(11)1-12-5(4(3)8)6(9)10/h1,6H,11H2. The number of rotatable bonds is 1. The van der Waals surface area contributed by atoms with Crippen LogP contribution in [0.3, 0.4) is 0 Å². The molecule has 0 saturated carbocycles. The molecule has 0 aromatic carbocycles. The lowest BCUT2D eigenvalue weighted by Crippen LogP contribution is -2.02. The molecule has 0 radical (unpaired) electrons. The first-order valence-electron chi connectivity index (χ1n) is 2.91. The normalized spacial score (nSPS) is 10.8. The number of hydrogen-bond donors (Lipinski definition) is 1. The van der Waals surface area contributed by atoms with Gasteiger partial charge in [0.2, 0.25) is 0 Å². The van der Waals surface area contributed by atoms with Crippen molar-refractivity contribution in [2.24, 2.45) is 0 Å². The Labute approximate surface area is 65.0 Å². The zero-order valence-corrected chi connectivity index (χ0v) is 5.69. The van der Waals surface area contributed by atoms with Crippen LogP contribution in [0.5, 0.6) is 0 Å². The Bertz CT molecular complexity index is 300. The van der Waals surface area contributed by atoms with Gasteiger partial charge in [0.05, 0.1) is 11.9 Å². The van der Waals surface area contributed by atoms with Crippen molar-refractivity contribution in [3.8, 4) is 0 Å². The highest BCUT2D eigenvalue weighted by atomic mass is 19.3. The number of halogens is 4. The molecule has 0 fully saturated rings. The highest BCUT2D eigenvalue weighted by Gasteiger charge is 2.20. The predicted molar refractivity (Wildman–Crippen MR) is 33.5 cm³/mol. The zero-order valence-electron chi connectivity index (χ0n) is 5.69. The van der Waals surface area contributed by atoms with Crippen molar-refractivity contribution in [3.63, 3.8) is 0 Å². The Balaban J connectivity index is 3.27. The van der Waals surface area contributed by atoms with E-state index < -0.39 is 29.4 Å². The second-order valence-electron chi connectivity index (χ2n) is 2.03. The minimum Gasteiger partial charge on any atom is -0.395 e. The fourth-order valence-electron chi connectivity index (χ4n) is 0.644. The van der Waals surface area contributed by atoms with E-state index in [0.29, 0.717) is 6.20 Å². The third-order valence-electron chi connectivity index (χ3n) is 1.22. The lowest BCUT2D eigenvalue weighted by Gasteiger charge is -2.02. The van der Waals surface area contributed by atoms with Crippen molar-refractivity contribution >= 4 is 5.69 Å². The molecule has 0 atom stereocenters. The smallest absolute Gasteiger partial charge is 0.283 e. The van der Waals surface area contributed by atoms with Gasteiger partial charge in [-0.05, 0) is 0 Å². The highest BCUT2D eigenvalue weighted by molar-refractivity contribution is 5.38. The number of aromatic nitrogens is 1. The summed E-state index contributed by atoms with van der Waals surface area (Å²) < 4.78 is 48.7. The number of pyridine rings is 1. The number of nitrogens with two attached hydrogens (primary N) is 1. The van der Waals surface area contributed by atoms with E-state index in [1.807, 2.05) is 0 Å². The summed E-state index contributed by atoms with van der Waals surface area (Å²) in [6, 6.07) is 0. The van der Waals surface area contributed by atoms with Crippen LogP contribution in [0.2, 0.25) is 0 Å². The van der Waals surface area contributed by atoms with E-state index in [-0.39, 0.29) is 0 Å². The van der Waals surface area contributed by atoms with Crippen LogP contribution in [0.25, 0.3) is 0 Å². The first-order valence-corrected chi connectivity index (χ1v) is 2.91. The molecule has 0 aliphatic heterocycles. The van der Waals surface area contributed by atoms with Crippen molar-refractivity contribution in [1.82, 2.24) is 4.98 Å². The third kappa shape index (κ3) is 1.32. The van der Waals surface area contributed by atoms with Gasteiger partial charge in [-0.25, -0.2) is 22.5 Å². The van der Waals surface area contributed by atoms with E-state index in [1.165, 1.54) is 0 Å². The van der Waals surface area contributed by atoms with Crippen LogP contribution in [0.1, 0.15) is 12.1 Å². The van der Waals surface area contributed by atoms with Gasteiger partial charge in [0.15, 0.2) is 11.6 Å². The molecule has 12 heavy (non-hydrogen) atoms. The van der Waals surface area contributed by atoms with Gasteiger partial charge >= 0.3 is 0 Å². The lowest BCUT2D eigenvalue weighted by atomic mass is 10.3. The van der Waals surface area contributed by atoms with E-state index in [9.17, 15) is 17.6 Å². The maximum Gasteiger partial charge on any atom is 0.283 e. The van der Waals surface area contributed by atoms with E-state index in [1.54, 1.807) is 0 Å². The summed E-state index contributed by atoms with van der Waals surface area (Å²) in [6.45, 7) is 0. The number of alkyl halides is 2. The quantitative estimate of drug-likeness (QED) is 0.670. The van der Waals surface area contributed by atoms with Crippen molar-refractivity contribution in [2.45, 2.75) is 6.43 Å². The van der Waals surface area contributed by atoms with Gasteiger partial charge in [0, 0.05) is 0 Å². The molecule has 1 heterocycles. The van der Waals surface area contributed by atoms with Crippen LogP contribution in [0.4, 0.5) is 23.2 Å². The second-order valence-corrected chi connectivity index (χ2v) is 2.03. The molecule has 0 unspecified atom stereocenters. The van der Waals surface area contributed by atoms with Crippen LogP contribution in [0.15, 0.2) is 6.20 Å². The number of nitrogens with zero attached hydrogens (tertiary/aromatic N) is 1. The largest absolute Gasteiger partial charge is 0.395 e. The summed E-state index contributed by atoms with van der Waals surface area (Å²) in [6.07, 6.45) is -2.49. The van der Waals surface area contributed by atoms with Crippen molar-refractivity contribution in [2.75, 3.05) is 5.73 Å². The summed E-state index contributed by atoms with van der Waals surface area (Å²) in [7, 11) is 0. The first kappa shape index (κ1) is 8.76. The average Bonchev–Trinajstić information content (AvgIpc) is 2.00.